The monoisotopic (exact) mass is 531 g/mol. The number of thiophene rings is 1. The minimum absolute atomic E-state index is 0.00477. The number of hydroxylamine groups is 2. The van der Waals surface area contributed by atoms with Gasteiger partial charge < -0.3 is 14.5 Å². The Morgan fingerprint density at radius 3 is 2.46 bits per heavy atom. The van der Waals surface area contributed by atoms with Crippen molar-refractivity contribution in [3.63, 3.8) is 0 Å². The van der Waals surface area contributed by atoms with Crippen molar-refractivity contribution in [2.45, 2.75) is 51.8 Å². The van der Waals surface area contributed by atoms with Crippen molar-refractivity contribution < 1.29 is 36.4 Å². The number of rotatable bonds is 6. The fourth-order valence-corrected chi connectivity index (χ4v) is 5.55. The molecule has 0 unspecified atom stereocenters. The van der Waals surface area contributed by atoms with E-state index in [2.05, 4.69) is 4.28 Å². The van der Waals surface area contributed by atoms with Gasteiger partial charge in [-0.1, -0.05) is 0 Å². The molecule has 4 amide bonds. The number of amides is 4. The number of hydrogen-bond donors (Lipinski definition) is 2. The van der Waals surface area contributed by atoms with Crippen molar-refractivity contribution >= 4 is 45.6 Å². The number of carbonyl (C=O) groups is 3. The van der Waals surface area contributed by atoms with Crippen LogP contribution < -0.4 is 0 Å². The maximum atomic E-state index is 13.1. The average molecular weight is 532 g/mol. The van der Waals surface area contributed by atoms with Gasteiger partial charge in [0.2, 0.25) is 5.91 Å². The Labute approximate surface area is 207 Å². The molecule has 1 aromatic heterocycles. The predicted octanol–water partition coefficient (Wildman–Crippen LogP) is 2.18. The highest BCUT2D eigenvalue weighted by Gasteiger charge is 2.54. The molecule has 1 fully saturated rings. The smallest absolute Gasteiger partial charge is 0.418 e. The number of ether oxygens (including phenoxy) is 1. The van der Waals surface area contributed by atoms with Crippen molar-refractivity contribution in [1.82, 2.24) is 19.8 Å². The molecule has 35 heavy (non-hydrogen) atoms. The maximum absolute atomic E-state index is 13.1. The van der Waals surface area contributed by atoms with E-state index in [1.54, 1.807) is 26.2 Å². The number of nitrogens with one attached hydrogen (secondary N) is 1. The second-order valence-corrected chi connectivity index (χ2v) is 11.3. The number of amidine groups is 1. The van der Waals surface area contributed by atoms with Crippen LogP contribution in [0.2, 0.25) is 0 Å². The molecule has 3 rings (SSSR count). The van der Waals surface area contributed by atoms with Crippen molar-refractivity contribution in [2.75, 3.05) is 27.2 Å². The lowest BCUT2D eigenvalue weighted by molar-refractivity contribution is -0.133. The minimum Gasteiger partial charge on any atom is -0.443 e. The van der Waals surface area contributed by atoms with Crippen LogP contribution in [-0.4, -0.2) is 89.4 Å². The van der Waals surface area contributed by atoms with E-state index in [4.69, 9.17) is 14.7 Å². The van der Waals surface area contributed by atoms with Gasteiger partial charge >= 0.3 is 22.5 Å². The van der Waals surface area contributed by atoms with E-state index in [1.807, 2.05) is 0 Å². The Bertz CT molecular complexity index is 1160. The first-order valence-electron chi connectivity index (χ1n) is 10.7. The highest BCUT2D eigenvalue weighted by Crippen LogP contribution is 2.48. The molecule has 2 bridgehead atoms. The zero-order valence-electron chi connectivity index (χ0n) is 20.3. The summed E-state index contributed by atoms with van der Waals surface area (Å²) < 4.78 is 41.8. The third kappa shape index (κ3) is 5.58. The molecule has 0 aliphatic carbocycles. The summed E-state index contributed by atoms with van der Waals surface area (Å²) in [5.41, 5.74) is 0.432. The Morgan fingerprint density at radius 1 is 1.31 bits per heavy atom. The molecular formula is C20H29N5O8S2. The maximum Gasteiger partial charge on any atom is 0.418 e. The molecule has 194 valence electrons. The molecule has 3 heterocycles. The molecule has 2 aliphatic rings. The first-order chi connectivity index (χ1) is 16.0. The lowest BCUT2D eigenvalue weighted by atomic mass is 9.93. The van der Waals surface area contributed by atoms with E-state index < -0.39 is 46.1 Å². The van der Waals surface area contributed by atoms with E-state index in [0.29, 0.717) is 21.1 Å². The molecule has 2 atom stereocenters. The molecule has 15 heteroatoms. The van der Waals surface area contributed by atoms with Crippen LogP contribution in [0, 0.1) is 5.41 Å². The van der Waals surface area contributed by atoms with Crippen molar-refractivity contribution in [3.8, 4) is 0 Å². The summed E-state index contributed by atoms with van der Waals surface area (Å²) in [7, 11) is -1.90. The molecule has 13 nitrogen and oxygen atoms in total. The van der Waals surface area contributed by atoms with Crippen molar-refractivity contribution in [1.29, 1.82) is 5.41 Å². The second-order valence-electron chi connectivity index (χ2n) is 9.42. The Balaban J connectivity index is 1.97. The number of hydrogen-bond acceptors (Lipinski definition) is 9. The Morgan fingerprint density at radius 2 is 1.94 bits per heavy atom. The number of fused-ring (bicyclic) bond motifs is 4. The molecule has 0 aromatic carbocycles. The third-order valence-corrected chi connectivity index (χ3v) is 6.88. The number of nitrogens with zero attached hydrogens (tertiary/aromatic N) is 4. The number of urea groups is 1. The number of likely N-dealkylation sites (N-methyl/N-ethyl adjacent to an activating group) is 1. The molecule has 2 aliphatic heterocycles. The van der Waals surface area contributed by atoms with Gasteiger partial charge in [0, 0.05) is 31.1 Å². The fourth-order valence-electron chi connectivity index (χ4n) is 3.97. The summed E-state index contributed by atoms with van der Waals surface area (Å²) in [5.74, 6) is -0.422. The molecule has 0 saturated carbocycles. The van der Waals surface area contributed by atoms with Gasteiger partial charge in [0.05, 0.1) is 6.54 Å². The van der Waals surface area contributed by atoms with Crippen LogP contribution in [0.15, 0.2) is 5.38 Å². The van der Waals surface area contributed by atoms with Crippen LogP contribution in [-0.2, 0) is 30.6 Å². The van der Waals surface area contributed by atoms with Gasteiger partial charge in [0.1, 0.15) is 23.5 Å². The summed E-state index contributed by atoms with van der Waals surface area (Å²) in [6.07, 6.45) is -0.436. The van der Waals surface area contributed by atoms with Crippen LogP contribution in [0.3, 0.4) is 0 Å². The molecule has 0 radical (unpaired) electrons. The standard InChI is InChI=1S/C20H29N5O8S2/c1-11(21)23(19(28)32-20(2,3)4)8-7-12-10-34-16-13-9-24(15(14(12)16)17(26)22(5)6)18(27)25(13)33-35(29,30)31/h10,13,15,21H,7-9H2,1-6H3,(H,29,30,31)/t13-,15+/m1/s1. The van der Waals surface area contributed by atoms with Crippen LogP contribution in [0.25, 0.3) is 0 Å². The van der Waals surface area contributed by atoms with Gasteiger partial charge in [-0.3, -0.25) is 19.7 Å². The summed E-state index contributed by atoms with van der Waals surface area (Å²) in [5, 5.41) is 10.3. The molecular weight excluding hydrogens is 502 g/mol. The van der Waals surface area contributed by atoms with E-state index in [1.165, 1.54) is 47.1 Å². The lowest BCUT2D eigenvalue weighted by Gasteiger charge is -2.32. The first-order valence-corrected chi connectivity index (χ1v) is 12.9. The van der Waals surface area contributed by atoms with E-state index in [-0.39, 0.29) is 25.3 Å². The van der Waals surface area contributed by atoms with Gasteiger partial charge in [0.25, 0.3) is 0 Å². The van der Waals surface area contributed by atoms with Crippen LogP contribution in [0.5, 0.6) is 0 Å². The van der Waals surface area contributed by atoms with Crippen LogP contribution in [0.4, 0.5) is 9.59 Å². The quantitative estimate of drug-likeness (QED) is 0.321. The van der Waals surface area contributed by atoms with Crippen LogP contribution >= 0.6 is 11.3 Å². The number of carbonyl (C=O) groups excluding carboxylic acids is 3. The lowest BCUT2D eigenvalue weighted by Crippen LogP contribution is -2.43. The molecule has 1 saturated heterocycles. The summed E-state index contributed by atoms with van der Waals surface area (Å²) in [4.78, 5) is 42.9. The van der Waals surface area contributed by atoms with Gasteiger partial charge in [-0.2, -0.15) is 13.5 Å². The van der Waals surface area contributed by atoms with E-state index >= 15 is 0 Å². The Kier molecular flexibility index (Phi) is 7.19. The first kappa shape index (κ1) is 26.8. The molecule has 2 N–H and O–H groups in total. The highest BCUT2D eigenvalue weighted by molar-refractivity contribution is 7.80. The fraction of sp³-hybridized carbons (Fsp3) is 0.600. The topological polar surface area (TPSA) is 161 Å². The third-order valence-electron chi connectivity index (χ3n) is 5.39. The minimum atomic E-state index is -4.98. The highest BCUT2D eigenvalue weighted by atomic mass is 32.3. The van der Waals surface area contributed by atoms with E-state index in [0.717, 1.165) is 0 Å². The van der Waals surface area contributed by atoms with Crippen LogP contribution in [0.1, 0.15) is 55.8 Å². The summed E-state index contributed by atoms with van der Waals surface area (Å²) in [6.45, 7) is 6.69. The van der Waals surface area contributed by atoms with Crippen molar-refractivity contribution in [2.24, 2.45) is 0 Å². The van der Waals surface area contributed by atoms with E-state index in [9.17, 15) is 22.8 Å². The SMILES string of the molecule is CC(=N)N(CCc1csc2c1[C@@H](C(=O)N(C)C)N1C[C@H]2N(OS(=O)(=O)O)C1=O)C(=O)OC(C)(C)C. The summed E-state index contributed by atoms with van der Waals surface area (Å²) >= 11 is 1.22. The van der Waals surface area contributed by atoms with Gasteiger partial charge in [-0.25, -0.2) is 9.59 Å². The zero-order chi connectivity index (χ0) is 26.5. The zero-order valence-corrected chi connectivity index (χ0v) is 21.9. The largest absolute Gasteiger partial charge is 0.443 e. The normalized spacial score (nSPS) is 19.5. The van der Waals surface area contributed by atoms with Gasteiger partial charge in [-0.15, -0.1) is 15.6 Å². The summed E-state index contributed by atoms with van der Waals surface area (Å²) in [6, 6.07) is -2.76. The van der Waals surface area contributed by atoms with Gasteiger partial charge in [-0.05, 0) is 45.1 Å². The average Bonchev–Trinajstić information content (AvgIpc) is 3.21. The Hall–Kier alpha value is -2.75. The van der Waals surface area contributed by atoms with Crippen molar-refractivity contribution in [3.05, 3.63) is 21.4 Å². The molecule has 0 spiro atoms. The predicted molar refractivity (Wildman–Crippen MR) is 125 cm³/mol. The molecule has 1 aromatic rings. The second kappa shape index (κ2) is 9.37. The van der Waals surface area contributed by atoms with Gasteiger partial charge in [0.15, 0.2) is 0 Å².